The Morgan fingerprint density at radius 3 is 2.62 bits per heavy atom. The maximum absolute atomic E-state index is 13.1. The second kappa shape index (κ2) is 7.30. The summed E-state index contributed by atoms with van der Waals surface area (Å²) >= 11 is 9.27. The number of hydrogen-bond donors (Lipinski definition) is 1. The third-order valence-corrected chi connectivity index (χ3v) is 3.63. The van der Waals surface area contributed by atoms with Crippen LogP contribution in [0, 0.1) is 17.1 Å². The third kappa shape index (κ3) is 4.35. The zero-order chi connectivity index (χ0) is 15.2. The lowest BCUT2D eigenvalue weighted by molar-refractivity contribution is 0.368. The van der Waals surface area contributed by atoms with E-state index in [4.69, 9.17) is 21.6 Å². The molecule has 0 radical (unpaired) electrons. The molecule has 0 spiro atoms. The fourth-order valence-electron chi connectivity index (χ4n) is 1.72. The molecular formula is C15H11BrClFN2O. The molecule has 2 aromatic rings. The largest absolute Gasteiger partial charge is 0.479 e. The molecule has 0 aliphatic heterocycles. The summed E-state index contributed by atoms with van der Waals surface area (Å²) in [4.78, 5) is 0. The Kier molecular flexibility index (Phi) is 5.43. The van der Waals surface area contributed by atoms with Crippen LogP contribution >= 0.6 is 27.5 Å². The van der Waals surface area contributed by atoms with Gasteiger partial charge in [0.15, 0.2) is 6.61 Å². The number of hydrogen-bond acceptors (Lipinski definition) is 3. The predicted octanol–water partition coefficient (Wildman–Crippen LogP) is 4.76. The van der Waals surface area contributed by atoms with E-state index in [1.54, 1.807) is 12.1 Å². The highest BCUT2D eigenvalue weighted by Crippen LogP contribution is 2.32. The Morgan fingerprint density at radius 1 is 1.29 bits per heavy atom. The fraction of sp³-hybridized carbons (Fsp3) is 0.133. The van der Waals surface area contributed by atoms with Gasteiger partial charge in [-0.2, -0.15) is 5.26 Å². The number of nitriles is 1. The topological polar surface area (TPSA) is 45.0 Å². The van der Waals surface area contributed by atoms with Crippen LogP contribution in [0.15, 0.2) is 40.9 Å². The summed E-state index contributed by atoms with van der Waals surface area (Å²) in [7, 11) is 0. The van der Waals surface area contributed by atoms with Crippen LogP contribution < -0.4 is 10.1 Å². The van der Waals surface area contributed by atoms with Crippen LogP contribution in [0.25, 0.3) is 0 Å². The van der Waals surface area contributed by atoms with Crippen molar-refractivity contribution in [1.82, 2.24) is 0 Å². The van der Waals surface area contributed by atoms with Crippen molar-refractivity contribution in [3.63, 3.8) is 0 Å². The number of rotatable bonds is 5. The van der Waals surface area contributed by atoms with E-state index in [1.807, 2.05) is 18.2 Å². The molecule has 2 rings (SSSR count). The van der Waals surface area contributed by atoms with E-state index in [-0.39, 0.29) is 6.61 Å². The van der Waals surface area contributed by atoms with Crippen LogP contribution in [0.4, 0.5) is 10.1 Å². The van der Waals surface area contributed by atoms with Gasteiger partial charge in [0, 0.05) is 11.0 Å². The van der Waals surface area contributed by atoms with Gasteiger partial charge in [0.25, 0.3) is 0 Å². The molecular weight excluding hydrogens is 359 g/mol. The minimum atomic E-state index is -0.392. The molecule has 0 heterocycles. The molecule has 0 aliphatic rings. The molecule has 0 atom stereocenters. The highest BCUT2D eigenvalue weighted by Gasteiger charge is 2.07. The molecule has 0 aromatic heterocycles. The van der Waals surface area contributed by atoms with Crippen LogP contribution in [0.3, 0.4) is 0 Å². The lowest BCUT2D eigenvalue weighted by atomic mass is 10.2. The Morgan fingerprint density at radius 2 is 2.00 bits per heavy atom. The van der Waals surface area contributed by atoms with Crippen molar-refractivity contribution in [3.8, 4) is 11.8 Å². The number of nitrogens with one attached hydrogen (secondary N) is 1. The normalized spacial score (nSPS) is 10.0. The highest BCUT2D eigenvalue weighted by atomic mass is 79.9. The van der Waals surface area contributed by atoms with Gasteiger partial charge in [-0.3, -0.25) is 0 Å². The molecule has 1 N–H and O–H groups in total. The SMILES string of the molecule is N#CCOc1ccc(CNc2c(Cl)cc(F)cc2Br)cc1. The maximum Gasteiger partial charge on any atom is 0.174 e. The molecule has 0 amide bonds. The van der Waals surface area contributed by atoms with Gasteiger partial charge in [-0.05, 0) is 45.8 Å². The summed E-state index contributed by atoms with van der Waals surface area (Å²) < 4.78 is 18.9. The summed E-state index contributed by atoms with van der Waals surface area (Å²) in [5.41, 5.74) is 1.65. The van der Waals surface area contributed by atoms with E-state index < -0.39 is 5.82 Å². The van der Waals surface area contributed by atoms with Gasteiger partial charge in [0.05, 0.1) is 10.7 Å². The van der Waals surface area contributed by atoms with Crippen LogP contribution in [0.2, 0.25) is 5.02 Å². The first-order chi connectivity index (χ1) is 10.1. The number of benzene rings is 2. The number of ether oxygens (including phenoxy) is 1. The van der Waals surface area contributed by atoms with Gasteiger partial charge in [0.1, 0.15) is 17.6 Å². The smallest absolute Gasteiger partial charge is 0.174 e. The molecule has 21 heavy (non-hydrogen) atoms. The van der Waals surface area contributed by atoms with Crippen molar-refractivity contribution >= 4 is 33.2 Å². The first kappa shape index (κ1) is 15.6. The van der Waals surface area contributed by atoms with Crippen molar-refractivity contribution in [2.75, 3.05) is 11.9 Å². The van der Waals surface area contributed by atoms with Gasteiger partial charge in [-0.25, -0.2) is 4.39 Å². The molecule has 2 aromatic carbocycles. The van der Waals surface area contributed by atoms with Gasteiger partial charge in [-0.1, -0.05) is 23.7 Å². The van der Waals surface area contributed by atoms with Crippen LogP contribution in [0.5, 0.6) is 5.75 Å². The molecule has 0 saturated carbocycles. The van der Waals surface area contributed by atoms with Crippen LogP contribution in [0.1, 0.15) is 5.56 Å². The summed E-state index contributed by atoms with van der Waals surface area (Å²) in [6, 6.07) is 11.9. The number of nitrogens with zero attached hydrogens (tertiary/aromatic N) is 1. The van der Waals surface area contributed by atoms with Crippen molar-refractivity contribution in [3.05, 3.63) is 57.3 Å². The second-order valence-electron chi connectivity index (χ2n) is 4.19. The summed E-state index contributed by atoms with van der Waals surface area (Å²) in [6.45, 7) is 0.554. The monoisotopic (exact) mass is 368 g/mol. The number of halogens is 3. The molecule has 6 heteroatoms. The van der Waals surface area contributed by atoms with Gasteiger partial charge >= 0.3 is 0 Å². The zero-order valence-corrected chi connectivity index (χ0v) is 13.2. The van der Waals surface area contributed by atoms with Crippen LogP contribution in [-0.2, 0) is 6.54 Å². The lowest BCUT2D eigenvalue weighted by Gasteiger charge is -2.11. The fourth-order valence-corrected chi connectivity index (χ4v) is 2.68. The number of anilines is 1. The minimum absolute atomic E-state index is 0.0235. The zero-order valence-electron chi connectivity index (χ0n) is 10.9. The van der Waals surface area contributed by atoms with Crippen molar-refractivity contribution in [2.24, 2.45) is 0 Å². The Hall–Kier alpha value is -1.77. The van der Waals surface area contributed by atoms with Gasteiger partial charge in [-0.15, -0.1) is 0 Å². The van der Waals surface area contributed by atoms with E-state index in [0.717, 1.165) is 5.56 Å². The summed E-state index contributed by atoms with van der Waals surface area (Å²) in [5.74, 6) is 0.248. The minimum Gasteiger partial charge on any atom is -0.479 e. The quantitative estimate of drug-likeness (QED) is 0.827. The molecule has 3 nitrogen and oxygen atoms in total. The Balaban J connectivity index is 2.02. The van der Waals surface area contributed by atoms with Gasteiger partial charge < -0.3 is 10.1 Å². The van der Waals surface area contributed by atoms with Crippen molar-refractivity contribution in [2.45, 2.75) is 6.54 Å². The highest BCUT2D eigenvalue weighted by molar-refractivity contribution is 9.10. The molecule has 108 valence electrons. The van der Waals surface area contributed by atoms with E-state index in [0.29, 0.717) is 27.5 Å². The van der Waals surface area contributed by atoms with Crippen molar-refractivity contribution < 1.29 is 9.13 Å². The standard InChI is InChI=1S/C15H11BrClFN2O/c16-13-7-11(18)8-14(17)15(13)20-9-10-1-3-12(4-2-10)21-6-5-19/h1-4,7-8,20H,6,9H2. The maximum atomic E-state index is 13.1. The average Bonchev–Trinajstić information content (AvgIpc) is 2.45. The first-order valence-electron chi connectivity index (χ1n) is 6.07. The van der Waals surface area contributed by atoms with Gasteiger partial charge in [0.2, 0.25) is 0 Å². The summed E-state index contributed by atoms with van der Waals surface area (Å²) in [6.07, 6.45) is 0. The lowest BCUT2D eigenvalue weighted by Crippen LogP contribution is -2.01. The summed E-state index contributed by atoms with van der Waals surface area (Å²) in [5, 5.41) is 11.9. The van der Waals surface area contributed by atoms with E-state index in [2.05, 4.69) is 21.2 Å². The molecule has 0 saturated heterocycles. The third-order valence-electron chi connectivity index (χ3n) is 2.70. The van der Waals surface area contributed by atoms with E-state index in [1.165, 1.54) is 12.1 Å². The Labute approximate surface area is 135 Å². The first-order valence-corrected chi connectivity index (χ1v) is 7.24. The van der Waals surface area contributed by atoms with E-state index in [9.17, 15) is 4.39 Å². The average molecular weight is 370 g/mol. The molecule has 0 aliphatic carbocycles. The van der Waals surface area contributed by atoms with Crippen molar-refractivity contribution in [1.29, 1.82) is 5.26 Å². The second-order valence-corrected chi connectivity index (χ2v) is 5.45. The molecule has 0 unspecified atom stereocenters. The predicted molar refractivity (Wildman–Crippen MR) is 84.0 cm³/mol. The molecule has 0 bridgehead atoms. The van der Waals surface area contributed by atoms with Crippen LogP contribution in [-0.4, -0.2) is 6.61 Å². The Bertz CT molecular complexity index is 647. The molecule has 0 fully saturated rings. The van der Waals surface area contributed by atoms with E-state index >= 15 is 0 Å².